The third kappa shape index (κ3) is 3.62. The van der Waals surface area contributed by atoms with Crippen molar-refractivity contribution in [2.75, 3.05) is 5.32 Å². The Kier molecular flexibility index (Phi) is 4.17. The number of carbonyl (C=O) groups excluding carboxylic acids is 1. The van der Waals surface area contributed by atoms with Crippen molar-refractivity contribution in [3.63, 3.8) is 0 Å². The number of amides is 1. The number of carbonyl (C=O) groups is 1. The van der Waals surface area contributed by atoms with Crippen molar-refractivity contribution in [2.24, 2.45) is 0 Å². The Labute approximate surface area is 138 Å². The molecule has 0 aliphatic heterocycles. The van der Waals surface area contributed by atoms with E-state index in [1.807, 2.05) is 0 Å². The van der Waals surface area contributed by atoms with Crippen molar-refractivity contribution in [1.29, 1.82) is 0 Å². The maximum absolute atomic E-state index is 13.8. The molecule has 3 rings (SSSR count). The molecule has 0 aromatic carbocycles. The van der Waals surface area contributed by atoms with Gasteiger partial charge in [-0.25, -0.2) is 19.3 Å². The molecule has 0 atom stereocenters. The average molecular weight is 351 g/mol. The number of pyridine rings is 2. The molecule has 128 valence electrons. The normalized spacial score (nSPS) is 11.4. The largest absolute Gasteiger partial charge is 0.433 e. The van der Waals surface area contributed by atoms with E-state index < -0.39 is 23.6 Å². The van der Waals surface area contributed by atoms with Crippen LogP contribution in [0.5, 0.6) is 0 Å². The minimum absolute atomic E-state index is 0.0494. The third-order valence-corrected chi connectivity index (χ3v) is 3.12. The molecule has 0 spiro atoms. The predicted octanol–water partition coefficient (Wildman–Crippen LogP) is 3.07. The molecule has 0 saturated carbocycles. The van der Waals surface area contributed by atoms with Gasteiger partial charge < -0.3 is 5.32 Å². The molecular weight excluding hydrogens is 342 g/mol. The van der Waals surface area contributed by atoms with E-state index in [-0.39, 0.29) is 17.2 Å². The molecule has 6 nitrogen and oxygen atoms in total. The van der Waals surface area contributed by atoms with Crippen LogP contribution in [0.3, 0.4) is 0 Å². The van der Waals surface area contributed by atoms with E-state index in [2.05, 4.69) is 20.3 Å². The van der Waals surface area contributed by atoms with Crippen LogP contribution >= 0.6 is 0 Å². The van der Waals surface area contributed by atoms with Crippen LogP contribution in [-0.2, 0) is 6.18 Å². The van der Waals surface area contributed by atoms with Gasteiger partial charge in [-0.15, -0.1) is 0 Å². The second-order valence-corrected chi connectivity index (χ2v) is 4.86. The van der Waals surface area contributed by atoms with Gasteiger partial charge in [0.1, 0.15) is 17.7 Å². The van der Waals surface area contributed by atoms with E-state index in [9.17, 15) is 22.4 Å². The Morgan fingerprint density at radius 2 is 1.96 bits per heavy atom. The highest BCUT2D eigenvalue weighted by molar-refractivity contribution is 6.02. The second-order valence-electron chi connectivity index (χ2n) is 4.86. The van der Waals surface area contributed by atoms with E-state index in [1.54, 1.807) is 0 Å². The van der Waals surface area contributed by atoms with E-state index in [4.69, 9.17) is 0 Å². The quantitative estimate of drug-likeness (QED) is 0.736. The van der Waals surface area contributed by atoms with Crippen LogP contribution in [0, 0.1) is 5.82 Å². The number of rotatable bonds is 3. The highest BCUT2D eigenvalue weighted by atomic mass is 19.4. The highest BCUT2D eigenvalue weighted by Gasteiger charge is 2.32. The molecule has 0 radical (unpaired) electrons. The molecule has 0 bridgehead atoms. The molecule has 0 saturated heterocycles. The van der Waals surface area contributed by atoms with Gasteiger partial charge in [0.2, 0.25) is 0 Å². The number of nitrogens with one attached hydrogen (secondary N) is 1. The molecule has 0 aliphatic carbocycles. The summed E-state index contributed by atoms with van der Waals surface area (Å²) in [5, 5.41) is 2.35. The molecule has 3 aromatic heterocycles. The van der Waals surface area contributed by atoms with Gasteiger partial charge in [0.25, 0.3) is 5.91 Å². The Hall–Kier alpha value is -3.30. The molecule has 3 aromatic rings. The molecule has 1 N–H and O–H groups in total. The topological polar surface area (TPSA) is 72.7 Å². The number of aromatic nitrogens is 4. The van der Waals surface area contributed by atoms with Gasteiger partial charge >= 0.3 is 6.18 Å². The minimum atomic E-state index is -4.57. The first kappa shape index (κ1) is 16.6. The van der Waals surface area contributed by atoms with Crippen LogP contribution in [-0.4, -0.2) is 25.4 Å². The van der Waals surface area contributed by atoms with Crippen molar-refractivity contribution in [1.82, 2.24) is 19.5 Å². The zero-order valence-electron chi connectivity index (χ0n) is 12.3. The molecular formula is C15H9F4N5O. The number of imidazole rings is 1. The Bertz CT molecular complexity index is 891. The van der Waals surface area contributed by atoms with E-state index >= 15 is 0 Å². The van der Waals surface area contributed by atoms with Gasteiger partial charge in [-0.1, -0.05) is 0 Å². The monoisotopic (exact) mass is 351 g/mol. The number of anilines is 1. The van der Waals surface area contributed by atoms with Gasteiger partial charge in [-0.3, -0.25) is 9.36 Å². The lowest BCUT2D eigenvalue weighted by Gasteiger charge is -2.09. The second kappa shape index (κ2) is 6.30. The van der Waals surface area contributed by atoms with E-state index in [0.29, 0.717) is 0 Å². The van der Waals surface area contributed by atoms with E-state index in [1.165, 1.54) is 23.3 Å². The zero-order chi connectivity index (χ0) is 18.0. The van der Waals surface area contributed by atoms with Crippen LogP contribution in [0.1, 0.15) is 16.2 Å². The smallest absolute Gasteiger partial charge is 0.319 e. The summed E-state index contributed by atoms with van der Waals surface area (Å²) >= 11 is 0. The van der Waals surface area contributed by atoms with Crippen molar-refractivity contribution >= 4 is 11.6 Å². The first-order valence-corrected chi connectivity index (χ1v) is 6.84. The summed E-state index contributed by atoms with van der Waals surface area (Å²) in [6, 6.07) is 4.02. The number of hydrogen-bond donors (Lipinski definition) is 1. The predicted molar refractivity (Wildman–Crippen MR) is 78.5 cm³/mol. The van der Waals surface area contributed by atoms with Gasteiger partial charge in [0, 0.05) is 12.4 Å². The molecule has 3 heterocycles. The number of alkyl halides is 3. The minimum Gasteiger partial charge on any atom is -0.319 e. The lowest BCUT2D eigenvalue weighted by molar-refractivity contribution is -0.141. The fourth-order valence-electron chi connectivity index (χ4n) is 1.95. The van der Waals surface area contributed by atoms with Crippen molar-refractivity contribution in [3.05, 3.63) is 66.4 Å². The fraction of sp³-hybridized carbons (Fsp3) is 0.0667. The SMILES string of the molecule is O=C(Nc1ccc(C(F)(F)F)nc1)c1ccc(F)c(-n2ccnc2)n1. The molecule has 1 amide bonds. The average Bonchev–Trinajstić information content (AvgIpc) is 3.09. The summed E-state index contributed by atoms with van der Waals surface area (Å²) in [4.78, 5) is 23.1. The van der Waals surface area contributed by atoms with E-state index in [0.717, 1.165) is 30.5 Å². The summed E-state index contributed by atoms with van der Waals surface area (Å²) in [7, 11) is 0. The van der Waals surface area contributed by atoms with Gasteiger partial charge in [0.15, 0.2) is 11.6 Å². The Morgan fingerprint density at radius 3 is 2.56 bits per heavy atom. The van der Waals surface area contributed by atoms with Gasteiger partial charge in [-0.05, 0) is 24.3 Å². The maximum Gasteiger partial charge on any atom is 0.433 e. The van der Waals surface area contributed by atoms with Crippen LogP contribution in [0.2, 0.25) is 0 Å². The first-order chi connectivity index (χ1) is 11.8. The lowest BCUT2D eigenvalue weighted by atomic mass is 10.3. The summed E-state index contributed by atoms with van der Waals surface area (Å²) in [5.74, 6) is -1.51. The van der Waals surface area contributed by atoms with Crippen molar-refractivity contribution < 1.29 is 22.4 Å². The van der Waals surface area contributed by atoms with Crippen molar-refractivity contribution in [2.45, 2.75) is 6.18 Å². The molecule has 0 fully saturated rings. The van der Waals surface area contributed by atoms with Crippen LogP contribution < -0.4 is 5.32 Å². The third-order valence-electron chi connectivity index (χ3n) is 3.12. The fourth-order valence-corrected chi connectivity index (χ4v) is 1.95. The molecule has 25 heavy (non-hydrogen) atoms. The summed E-state index contributed by atoms with van der Waals surface area (Å²) in [6.07, 6.45) is 0.489. The van der Waals surface area contributed by atoms with Gasteiger partial charge in [-0.2, -0.15) is 13.2 Å². The van der Waals surface area contributed by atoms with Crippen LogP contribution in [0.25, 0.3) is 5.82 Å². The molecule has 10 heteroatoms. The Balaban J connectivity index is 1.81. The maximum atomic E-state index is 13.8. The lowest BCUT2D eigenvalue weighted by Crippen LogP contribution is -2.16. The van der Waals surface area contributed by atoms with Gasteiger partial charge in [0.05, 0.1) is 11.9 Å². The summed E-state index contributed by atoms with van der Waals surface area (Å²) in [5.41, 5.74) is -1.15. The summed E-state index contributed by atoms with van der Waals surface area (Å²) in [6.45, 7) is 0. The standard InChI is InChI=1S/C15H9F4N5O/c16-10-2-3-11(23-13(10)24-6-5-20-8-24)14(25)22-9-1-4-12(21-7-9)15(17,18)19/h1-8H,(H,22,25). The van der Waals surface area contributed by atoms with Crippen LogP contribution in [0.4, 0.5) is 23.2 Å². The highest BCUT2D eigenvalue weighted by Crippen LogP contribution is 2.27. The number of halogens is 4. The zero-order valence-corrected chi connectivity index (χ0v) is 12.3. The van der Waals surface area contributed by atoms with Crippen molar-refractivity contribution in [3.8, 4) is 5.82 Å². The van der Waals surface area contributed by atoms with Crippen LogP contribution in [0.15, 0.2) is 49.2 Å². The molecule has 0 unspecified atom stereocenters. The molecule has 0 aliphatic rings. The number of hydrogen-bond acceptors (Lipinski definition) is 4. The Morgan fingerprint density at radius 1 is 1.16 bits per heavy atom. The summed E-state index contributed by atoms with van der Waals surface area (Å²) < 4.78 is 52.5. The first-order valence-electron chi connectivity index (χ1n) is 6.84. The number of nitrogens with zero attached hydrogens (tertiary/aromatic N) is 4.